The van der Waals surface area contributed by atoms with Crippen LogP contribution in [0.5, 0.6) is 5.75 Å². The Morgan fingerprint density at radius 3 is 2.73 bits per heavy atom. The van der Waals surface area contributed by atoms with E-state index >= 15 is 0 Å². The van der Waals surface area contributed by atoms with Crippen molar-refractivity contribution in [3.05, 3.63) is 59.1 Å². The van der Waals surface area contributed by atoms with Gasteiger partial charge in [-0.1, -0.05) is 29.8 Å². The first-order chi connectivity index (χ1) is 10.7. The minimum Gasteiger partial charge on any atom is -0.496 e. The van der Waals surface area contributed by atoms with Gasteiger partial charge in [-0.3, -0.25) is 4.79 Å². The van der Waals surface area contributed by atoms with Crippen molar-refractivity contribution in [2.24, 2.45) is 0 Å². The number of anilines is 1. The second kappa shape index (κ2) is 8.71. The number of rotatable bonds is 7. The summed E-state index contributed by atoms with van der Waals surface area (Å²) in [5, 5.41) is 3.57. The zero-order valence-electron chi connectivity index (χ0n) is 12.3. The van der Waals surface area contributed by atoms with Gasteiger partial charge in [0.25, 0.3) is 0 Å². The third kappa shape index (κ3) is 5.28. The number of ether oxygens (including phenoxy) is 1. The number of para-hydroxylation sites is 1. The molecule has 0 aliphatic rings. The first-order valence-electron chi connectivity index (χ1n) is 6.94. The zero-order valence-corrected chi connectivity index (χ0v) is 13.9. The van der Waals surface area contributed by atoms with E-state index in [0.717, 1.165) is 28.5 Å². The quantitative estimate of drug-likeness (QED) is 0.751. The fourth-order valence-corrected chi connectivity index (χ4v) is 3.07. The molecule has 2 rings (SSSR count). The fraction of sp³-hybridized carbons (Fsp3) is 0.235. The van der Waals surface area contributed by atoms with Crippen LogP contribution in [0.15, 0.2) is 48.5 Å². The van der Waals surface area contributed by atoms with E-state index in [9.17, 15) is 4.79 Å². The molecule has 0 saturated carbocycles. The van der Waals surface area contributed by atoms with Crippen LogP contribution in [0.3, 0.4) is 0 Å². The maximum atomic E-state index is 11.8. The average molecular weight is 336 g/mol. The molecule has 116 valence electrons. The van der Waals surface area contributed by atoms with E-state index in [4.69, 9.17) is 16.3 Å². The lowest BCUT2D eigenvalue weighted by atomic mass is 10.2. The summed E-state index contributed by atoms with van der Waals surface area (Å²) in [6.07, 6.45) is 0.475. The van der Waals surface area contributed by atoms with Crippen molar-refractivity contribution < 1.29 is 9.53 Å². The van der Waals surface area contributed by atoms with Gasteiger partial charge in [-0.05, 0) is 30.3 Å². The SMILES string of the molecule is COc1ccc(Cl)cc1CSCCC(=O)Nc1ccccc1. The molecular formula is C17H18ClNO2S. The Labute approximate surface area is 140 Å². The highest BCUT2D eigenvalue weighted by Gasteiger charge is 2.06. The summed E-state index contributed by atoms with van der Waals surface area (Å²) in [6.45, 7) is 0. The van der Waals surface area contributed by atoms with E-state index in [-0.39, 0.29) is 5.91 Å². The van der Waals surface area contributed by atoms with E-state index in [1.54, 1.807) is 18.9 Å². The summed E-state index contributed by atoms with van der Waals surface area (Å²) in [6, 6.07) is 15.0. The molecule has 0 atom stereocenters. The van der Waals surface area contributed by atoms with Crippen molar-refractivity contribution in [3.63, 3.8) is 0 Å². The maximum Gasteiger partial charge on any atom is 0.225 e. The van der Waals surface area contributed by atoms with Crippen LogP contribution in [-0.4, -0.2) is 18.8 Å². The Kier molecular flexibility index (Phi) is 6.62. The molecule has 1 N–H and O–H groups in total. The van der Waals surface area contributed by atoms with Crippen LogP contribution in [0.25, 0.3) is 0 Å². The van der Waals surface area contributed by atoms with Gasteiger partial charge in [0.2, 0.25) is 5.91 Å². The van der Waals surface area contributed by atoms with Gasteiger partial charge in [0.1, 0.15) is 5.75 Å². The third-order valence-electron chi connectivity index (χ3n) is 3.03. The lowest BCUT2D eigenvalue weighted by Crippen LogP contribution is -2.12. The largest absolute Gasteiger partial charge is 0.496 e. The molecule has 0 unspecified atom stereocenters. The van der Waals surface area contributed by atoms with Crippen molar-refractivity contribution >= 4 is 35.0 Å². The molecule has 0 aliphatic carbocycles. The number of hydrogen-bond acceptors (Lipinski definition) is 3. The molecule has 22 heavy (non-hydrogen) atoms. The van der Waals surface area contributed by atoms with Crippen LogP contribution < -0.4 is 10.1 Å². The van der Waals surface area contributed by atoms with E-state index in [0.29, 0.717) is 11.4 Å². The molecule has 0 fully saturated rings. The van der Waals surface area contributed by atoms with Crippen molar-refractivity contribution in [2.75, 3.05) is 18.2 Å². The number of methoxy groups -OCH3 is 1. The Bertz CT molecular complexity index is 619. The minimum atomic E-state index is 0.0248. The molecular weight excluding hydrogens is 318 g/mol. The van der Waals surface area contributed by atoms with Gasteiger partial charge >= 0.3 is 0 Å². The van der Waals surface area contributed by atoms with Crippen LogP contribution in [0.2, 0.25) is 5.02 Å². The van der Waals surface area contributed by atoms with Crippen LogP contribution in [-0.2, 0) is 10.5 Å². The van der Waals surface area contributed by atoms with Gasteiger partial charge < -0.3 is 10.1 Å². The number of halogens is 1. The van der Waals surface area contributed by atoms with E-state index in [1.165, 1.54) is 0 Å². The maximum absolute atomic E-state index is 11.8. The topological polar surface area (TPSA) is 38.3 Å². The number of carbonyl (C=O) groups is 1. The second-order valence-corrected chi connectivity index (χ2v) is 6.21. The first-order valence-corrected chi connectivity index (χ1v) is 8.47. The summed E-state index contributed by atoms with van der Waals surface area (Å²) in [5.41, 5.74) is 1.87. The number of thioether (sulfide) groups is 1. The van der Waals surface area contributed by atoms with Gasteiger partial charge in [-0.15, -0.1) is 0 Å². The summed E-state index contributed by atoms with van der Waals surface area (Å²) < 4.78 is 5.31. The normalized spacial score (nSPS) is 10.3. The van der Waals surface area contributed by atoms with Crippen molar-refractivity contribution in [1.82, 2.24) is 0 Å². The number of benzene rings is 2. The van der Waals surface area contributed by atoms with E-state index in [2.05, 4.69) is 5.32 Å². The summed E-state index contributed by atoms with van der Waals surface area (Å²) in [4.78, 5) is 11.8. The lowest BCUT2D eigenvalue weighted by Gasteiger charge is -2.09. The Morgan fingerprint density at radius 2 is 2.00 bits per heavy atom. The molecule has 2 aromatic rings. The predicted octanol–water partition coefficient (Wildman–Crippen LogP) is 4.61. The molecule has 0 spiro atoms. The van der Waals surface area contributed by atoms with Gasteiger partial charge in [0.15, 0.2) is 0 Å². The molecule has 0 aromatic heterocycles. The molecule has 0 aliphatic heterocycles. The highest BCUT2D eigenvalue weighted by atomic mass is 35.5. The molecule has 0 saturated heterocycles. The molecule has 1 amide bonds. The summed E-state index contributed by atoms with van der Waals surface area (Å²) >= 11 is 7.68. The number of carbonyl (C=O) groups excluding carboxylic acids is 1. The average Bonchev–Trinajstić information content (AvgIpc) is 2.53. The molecule has 2 aromatic carbocycles. The Balaban J connectivity index is 1.75. The fourth-order valence-electron chi connectivity index (χ4n) is 1.95. The molecule has 3 nitrogen and oxygen atoms in total. The predicted molar refractivity (Wildman–Crippen MR) is 93.9 cm³/mol. The summed E-state index contributed by atoms with van der Waals surface area (Å²) in [7, 11) is 1.64. The summed E-state index contributed by atoms with van der Waals surface area (Å²) in [5.74, 6) is 2.36. The second-order valence-electron chi connectivity index (χ2n) is 4.67. The zero-order chi connectivity index (χ0) is 15.8. The molecule has 0 heterocycles. The minimum absolute atomic E-state index is 0.0248. The van der Waals surface area contributed by atoms with Crippen LogP contribution >= 0.6 is 23.4 Å². The number of hydrogen-bond donors (Lipinski definition) is 1. The lowest BCUT2D eigenvalue weighted by molar-refractivity contribution is -0.115. The van der Waals surface area contributed by atoms with E-state index < -0.39 is 0 Å². The van der Waals surface area contributed by atoms with Gasteiger partial charge in [-0.25, -0.2) is 0 Å². The van der Waals surface area contributed by atoms with Gasteiger partial charge in [-0.2, -0.15) is 11.8 Å². The molecule has 0 bridgehead atoms. The van der Waals surface area contributed by atoms with Gasteiger partial charge in [0.05, 0.1) is 7.11 Å². The number of nitrogens with one attached hydrogen (secondary N) is 1. The van der Waals surface area contributed by atoms with Crippen molar-refractivity contribution in [1.29, 1.82) is 0 Å². The van der Waals surface area contributed by atoms with Crippen LogP contribution in [0.4, 0.5) is 5.69 Å². The Morgan fingerprint density at radius 1 is 1.23 bits per heavy atom. The molecule has 5 heteroatoms. The molecule has 0 radical (unpaired) electrons. The highest BCUT2D eigenvalue weighted by molar-refractivity contribution is 7.98. The smallest absolute Gasteiger partial charge is 0.225 e. The number of amides is 1. The first kappa shape index (κ1) is 16.7. The Hall–Kier alpha value is -1.65. The van der Waals surface area contributed by atoms with Crippen molar-refractivity contribution in [3.8, 4) is 5.75 Å². The van der Waals surface area contributed by atoms with Crippen molar-refractivity contribution in [2.45, 2.75) is 12.2 Å². The van der Waals surface area contributed by atoms with E-state index in [1.807, 2.05) is 48.5 Å². The monoisotopic (exact) mass is 335 g/mol. The van der Waals surface area contributed by atoms with Crippen LogP contribution in [0, 0.1) is 0 Å². The third-order valence-corrected chi connectivity index (χ3v) is 4.27. The standard InChI is InChI=1S/C17H18ClNO2S/c1-21-16-8-7-14(18)11-13(16)12-22-10-9-17(20)19-15-5-3-2-4-6-15/h2-8,11H,9-10,12H2,1H3,(H,19,20). The van der Waals surface area contributed by atoms with Gasteiger partial charge in [0, 0.05) is 34.2 Å². The highest BCUT2D eigenvalue weighted by Crippen LogP contribution is 2.26. The van der Waals surface area contributed by atoms with Crippen LogP contribution in [0.1, 0.15) is 12.0 Å².